The summed E-state index contributed by atoms with van der Waals surface area (Å²) >= 11 is 3.50. The molecule has 0 aliphatic rings. The summed E-state index contributed by atoms with van der Waals surface area (Å²) in [6.45, 7) is 0. The number of nitrogens with zero attached hydrogens (tertiary/aromatic N) is 16. The maximum atomic E-state index is 5.84. The summed E-state index contributed by atoms with van der Waals surface area (Å²) in [5, 5.41) is 3.84. The number of rotatable bonds is 4. The zero-order chi connectivity index (χ0) is 75.8. The van der Waals surface area contributed by atoms with Crippen LogP contribution in [0.2, 0.25) is 0 Å². The van der Waals surface area contributed by atoms with Crippen LogP contribution < -0.4 is 11.5 Å². The molecule has 0 fully saturated rings. The van der Waals surface area contributed by atoms with Gasteiger partial charge in [0.15, 0.2) is 0 Å². The van der Waals surface area contributed by atoms with Crippen LogP contribution in [-0.4, -0.2) is 79.7 Å². The molecule has 0 atom stereocenters. The van der Waals surface area contributed by atoms with Crippen molar-refractivity contribution in [2.75, 3.05) is 11.5 Å². The first kappa shape index (κ1) is 84.0. The van der Waals surface area contributed by atoms with E-state index in [0.717, 1.165) is 154 Å². The van der Waals surface area contributed by atoms with Crippen LogP contribution in [0.1, 0.15) is 16.7 Å². The molecule has 0 aliphatic heterocycles. The molecule has 0 saturated carbocycles. The molecular weight excluding hydrogens is 1840 g/mol. The van der Waals surface area contributed by atoms with Crippen LogP contribution in [0, 0.1) is 31.6 Å². The summed E-state index contributed by atoms with van der Waals surface area (Å²) in [6, 6.07) is 88.8. The minimum Gasteiger partial charge on any atom is -0.399 e. The van der Waals surface area contributed by atoms with E-state index in [-0.39, 0.29) is 67.4 Å². The van der Waals surface area contributed by atoms with E-state index in [1.165, 1.54) is 0 Å². The van der Waals surface area contributed by atoms with E-state index in [0.29, 0.717) is 11.4 Å². The van der Waals surface area contributed by atoms with Gasteiger partial charge >= 0.3 is 0 Å². The molecule has 4 N–H and O–H groups in total. The van der Waals surface area contributed by atoms with Gasteiger partial charge in [-0.3, -0.25) is 59.8 Å². The van der Waals surface area contributed by atoms with Crippen LogP contribution >= 0.6 is 15.9 Å². The number of pyridine rings is 12. The largest absolute Gasteiger partial charge is 0.399 e. The Kier molecular flexibility index (Phi) is 30.8. The molecule has 18 nitrogen and oxygen atoms in total. The van der Waals surface area contributed by atoms with Gasteiger partial charge in [-0.05, 0) is 218 Å². The summed E-state index contributed by atoms with van der Waals surface area (Å²) in [4.78, 5) is 71.2. The van der Waals surface area contributed by atoms with Crippen LogP contribution in [0.25, 0.3) is 133 Å². The van der Waals surface area contributed by atoms with Crippen molar-refractivity contribution < 1.29 is 60.0 Å². The molecule has 0 saturated heterocycles. The molecule has 0 bridgehead atoms. The summed E-state index contributed by atoms with van der Waals surface area (Å²) in [6.07, 6.45) is 26.4. The van der Waals surface area contributed by atoms with Crippen molar-refractivity contribution in [3.8, 4) is 69.7 Å². The molecule has 20 rings (SSSR count). The van der Waals surface area contributed by atoms with Gasteiger partial charge in [-0.2, -0.15) is 0 Å². The molecular formula is C93H66BrN18Ru2W-. The van der Waals surface area contributed by atoms with Gasteiger partial charge in [-0.25, -0.2) is 19.9 Å². The van der Waals surface area contributed by atoms with Gasteiger partial charge in [0.25, 0.3) is 0 Å². The Balaban J connectivity index is 0.000000148. The molecule has 0 aliphatic carbocycles. The number of fused-ring (bicyclic) bond motifs is 14. The zero-order valence-electron chi connectivity index (χ0n) is 61.4. The first-order valence-electron chi connectivity index (χ1n) is 34.9. The Morgan fingerprint density at radius 2 is 0.504 bits per heavy atom. The fourth-order valence-corrected chi connectivity index (χ4v) is 11.9. The third-order valence-corrected chi connectivity index (χ3v) is 17.1. The van der Waals surface area contributed by atoms with E-state index in [1.54, 1.807) is 86.5 Å². The number of benzene rings is 6. The minimum absolute atomic E-state index is 0. The Labute approximate surface area is 712 Å². The quantitative estimate of drug-likeness (QED) is 0.0414. The fourth-order valence-electron chi connectivity index (χ4n) is 11.6. The first-order valence-corrected chi connectivity index (χ1v) is 35.7. The van der Waals surface area contributed by atoms with Crippen molar-refractivity contribution in [3.05, 3.63) is 382 Å². The molecule has 558 valence electrons. The Hall–Kier alpha value is -13.5. The van der Waals surface area contributed by atoms with Crippen molar-refractivity contribution in [1.82, 2.24) is 79.7 Å². The average Bonchev–Trinajstić information content (AvgIpc) is 0.743. The summed E-state index contributed by atoms with van der Waals surface area (Å²) < 4.78 is 0.989. The summed E-state index contributed by atoms with van der Waals surface area (Å²) in [7, 11) is 0. The van der Waals surface area contributed by atoms with E-state index in [4.69, 9.17) is 37.8 Å². The van der Waals surface area contributed by atoms with Crippen LogP contribution in [0.15, 0.2) is 358 Å². The van der Waals surface area contributed by atoms with Crippen molar-refractivity contribution in [2.24, 2.45) is 0 Å². The van der Waals surface area contributed by atoms with Gasteiger partial charge in [0.2, 0.25) is 0 Å². The molecule has 14 aromatic heterocycles. The second-order valence-electron chi connectivity index (χ2n) is 24.1. The van der Waals surface area contributed by atoms with Crippen molar-refractivity contribution in [3.63, 3.8) is 0 Å². The monoisotopic (exact) mass is 1900 g/mol. The number of aromatic nitrogens is 16. The van der Waals surface area contributed by atoms with E-state index in [2.05, 4.69) is 93.5 Å². The van der Waals surface area contributed by atoms with Crippen LogP contribution in [0.5, 0.6) is 0 Å². The third-order valence-electron chi connectivity index (χ3n) is 16.7. The normalized spacial score (nSPS) is 10.0. The third kappa shape index (κ3) is 21.8. The van der Waals surface area contributed by atoms with Crippen molar-refractivity contribution >= 4 is 115 Å². The number of hydrogen-bond donors (Lipinski definition) is 2. The number of hydrogen-bond acceptors (Lipinski definition) is 18. The number of terminal acetylenes is 1. The van der Waals surface area contributed by atoms with Gasteiger partial charge < -0.3 is 18.9 Å². The fraction of sp³-hybridized carbons (Fsp3) is 0. The molecule has 0 radical (unpaired) electrons. The van der Waals surface area contributed by atoms with Crippen molar-refractivity contribution in [2.45, 2.75) is 0 Å². The Morgan fingerprint density at radius 3 is 0.783 bits per heavy atom. The van der Waals surface area contributed by atoms with Gasteiger partial charge in [-0.15, -0.1) is 6.42 Å². The number of anilines is 2. The summed E-state index contributed by atoms with van der Waals surface area (Å²) in [5.74, 6) is 8.85. The second-order valence-corrected chi connectivity index (χ2v) is 25.1. The van der Waals surface area contributed by atoms with E-state index >= 15 is 0 Å². The molecule has 6 aromatic carbocycles. The molecule has 0 unspecified atom stereocenters. The molecule has 0 amide bonds. The predicted molar refractivity (Wildman–Crippen MR) is 455 cm³/mol. The topological polar surface area (TPSA) is 258 Å². The first-order chi connectivity index (χ1) is 54.8. The number of nitrogens with two attached hydrogens (primary N) is 2. The van der Waals surface area contributed by atoms with Gasteiger partial charge in [0.1, 0.15) is 0 Å². The SMILES string of the molecule is Brc1ccc2nc3c4cccnc4c4ncccc4c3nc2c1.C#Cc1cccc(N)c1.Nc1cccc(C#Cc2ccc3nc4c5cccnc5c5ncccc5c4nc3c2)c1.[CH3-].[Ru].[Ru].[W].c1ccc(-c2ccccn2)nc1.c1ccc(-c2ccccn2)nc1.c1ccc(-c2ccccn2)nc1.c1ccc(-c2ccccn2)nc1. The number of nitrogen functional groups attached to an aromatic ring is 2. The van der Waals surface area contributed by atoms with Gasteiger partial charge in [0, 0.05) is 188 Å². The molecule has 14 heterocycles. The predicted octanol–water partition coefficient (Wildman–Crippen LogP) is 19.8. The second kappa shape index (κ2) is 42.2. The Bertz CT molecular complexity index is 6210. The molecule has 0 spiro atoms. The van der Waals surface area contributed by atoms with Crippen LogP contribution in [0.3, 0.4) is 0 Å². The number of halogens is 1. The zero-order valence-corrected chi connectivity index (χ0v) is 69.4. The molecule has 22 heteroatoms. The van der Waals surface area contributed by atoms with Crippen LogP contribution in [-0.2, 0) is 60.0 Å². The van der Waals surface area contributed by atoms with Gasteiger partial charge in [-0.1, -0.05) is 94.4 Å². The summed E-state index contributed by atoms with van der Waals surface area (Å²) in [5.41, 5.74) is 32.7. The van der Waals surface area contributed by atoms with E-state index in [1.807, 2.05) is 267 Å². The smallest absolute Gasteiger partial charge is 0.0996 e. The van der Waals surface area contributed by atoms with E-state index < -0.39 is 0 Å². The maximum absolute atomic E-state index is 5.84. The molecule has 115 heavy (non-hydrogen) atoms. The van der Waals surface area contributed by atoms with Crippen LogP contribution in [0.4, 0.5) is 11.4 Å². The maximum Gasteiger partial charge on any atom is 0.0996 e. The average molecular weight is 1900 g/mol. The van der Waals surface area contributed by atoms with Crippen molar-refractivity contribution in [1.29, 1.82) is 0 Å². The van der Waals surface area contributed by atoms with E-state index in [9.17, 15) is 0 Å². The molecule has 20 aromatic rings. The Morgan fingerprint density at radius 1 is 0.243 bits per heavy atom. The minimum atomic E-state index is 0. The van der Waals surface area contributed by atoms with Gasteiger partial charge in [0.05, 0.1) is 112 Å². The standard InChI is InChI=1S/C26H15N5.C18H9BrN4.4C10H8N2.C8H7N.CH3.2Ru.W/c27-18-5-1-4-16(14-18)8-9-17-10-11-21-22(15-17)31-26-20-7-3-13-29-24(20)23-19(25(26)30-21)6-2-12-28-23;19-10-5-6-13-14(9-10)23-18-12-4-2-8-21-16(12)15-11(17(18)22-13)3-1-7-20-15;4*1-3-7-11-9(5-1)10-6-2-4-8-12-10;1-2-7-4-3-5-8(9)6-7;;;;/h1-7,10-15H,27H2;1-9H;4*1-8H;1,3-6H,9H2;1H3;;;/q;;;;;;;-1;;;.